The maximum atomic E-state index is 12.2. The normalized spacial score (nSPS) is 21.0. The van der Waals surface area contributed by atoms with E-state index in [1.54, 1.807) is 0 Å². The van der Waals surface area contributed by atoms with Crippen LogP contribution in [0.15, 0.2) is 41.5 Å². The number of rotatable bonds is 2. The Morgan fingerprint density at radius 2 is 1.81 bits per heavy atom. The minimum Gasteiger partial charge on any atom is -0.294 e. The highest BCUT2D eigenvalue weighted by Crippen LogP contribution is 2.30. The monoisotopic (exact) mass is 214 g/mol. The van der Waals surface area contributed by atoms with E-state index < -0.39 is 0 Å². The third kappa shape index (κ3) is 2.24. The summed E-state index contributed by atoms with van der Waals surface area (Å²) < 4.78 is 0. The van der Waals surface area contributed by atoms with E-state index in [1.807, 2.05) is 30.3 Å². The lowest BCUT2D eigenvalue weighted by atomic mass is 9.81. The first-order valence-electron chi connectivity index (χ1n) is 5.93. The Balaban J connectivity index is 2.14. The van der Waals surface area contributed by atoms with Gasteiger partial charge in [-0.05, 0) is 33.1 Å². The van der Waals surface area contributed by atoms with Crippen LogP contribution in [0.3, 0.4) is 0 Å². The van der Waals surface area contributed by atoms with Gasteiger partial charge >= 0.3 is 0 Å². The summed E-state index contributed by atoms with van der Waals surface area (Å²) in [6.07, 6.45) is 3.03. The average Bonchev–Trinajstić information content (AvgIpc) is 2.33. The summed E-state index contributed by atoms with van der Waals surface area (Å²) in [5.74, 6) is 0.513. The zero-order chi connectivity index (χ0) is 11.5. The molecular weight excluding hydrogens is 196 g/mol. The molecule has 0 fully saturated rings. The number of hydrogen-bond acceptors (Lipinski definition) is 1. The van der Waals surface area contributed by atoms with Gasteiger partial charge in [-0.3, -0.25) is 4.79 Å². The summed E-state index contributed by atoms with van der Waals surface area (Å²) in [7, 11) is 0. The van der Waals surface area contributed by atoms with Gasteiger partial charge in [-0.25, -0.2) is 0 Å². The number of Topliss-reactive ketones (excluding diaryl/α,β-unsaturated/α-hetero) is 1. The maximum Gasteiger partial charge on any atom is 0.166 e. The van der Waals surface area contributed by atoms with Gasteiger partial charge in [0.2, 0.25) is 0 Å². The second kappa shape index (κ2) is 4.65. The molecule has 0 N–H and O–H groups in total. The zero-order valence-electron chi connectivity index (χ0n) is 9.99. The molecule has 0 bridgehead atoms. The van der Waals surface area contributed by atoms with Crippen molar-refractivity contribution in [1.82, 2.24) is 0 Å². The van der Waals surface area contributed by atoms with Crippen molar-refractivity contribution in [2.75, 3.05) is 0 Å². The smallest absolute Gasteiger partial charge is 0.166 e. The summed E-state index contributed by atoms with van der Waals surface area (Å²) >= 11 is 0. The van der Waals surface area contributed by atoms with E-state index in [2.05, 4.69) is 13.8 Å². The molecule has 84 valence electrons. The van der Waals surface area contributed by atoms with Crippen molar-refractivity contribution in [3.63, 3.8) is 0 Å². The van der Waals surface area contributed by atoms with Gasteiger partial charge in [0.15, 0.2) is 5.78 Å². The standard InChI is InChI=1S/C15H18O/c1-11-8-9-14(10-12(11)2)15(16)13-6-4-3-5-7-13/h3-7,14H,8-10H2,1-2H3. The molecule has 0 amide bonds. The fourth-order valence-corrected chi connectivity index (χ4v) is 2.31. The fraction of sp³-hybridized carbons (Fsp3) is 0.400. The van der Waals surface area contributed by atoms with Gasteiger partial charge in [0, 0.05) is 11.5 Å². The van der Waals surface area contributed by atoms with Crippen LogP contribution in [0.2, 0.25) is 0 Å². The summed E-state index contributed by atoms with van der Waals surface area (Å²) in [4.78, 5) is 12.2. The highest BCUT2D eigenvalue weighted by Gasteiger charge is 2.23. The third-order valence-electron chi connectivity index (χ3n) is 3.58. The minimum absolute atomic E-state index is 0.200. The van der Waals surface area contributed by atoms with E-state index in [0.29, 0.717) is 5.78 Å². The highest BCUT2D eigenvalue weighted by atomic mass is 16.1. The topological polar surface area (TPSA) is 17.1 Å². The van der Waals surface area contributed by atoms with Crippen molar-refractivity contribution in [1.29, 1.82) is 0 Å². The SMILES string of the molecule is CC1=C(C)CC(C(=O)c2ccccc2)CC1. The molecule has 0 heterocycles. The Hall–Kier alpha value is -1.37. The number of carbonyl (C=O) groups excluding carboxylic acids is 1. The van der Waals surface area contributed by atoms with Crippen molar-refractivity contribution in [3.8, 4) is 0 Å². The van der Waals surface area contributed by atoms with Crippen molar-refractivity contribution < 1.29 is 4.79 Å². The molecule has 0 aromatic heterocycles. The van der Waals surface area contributed by atoms with Gasteiger partial charge < -0.3 is 0 Å². The lowest BCUT2D eigenvalue weighted by molar-refractivity contribution is 0.0909. The van der Waals surface area contributed by atoms with Crippen LogP contribution in [0.25, 0.3) is 0 Å². The predicted molar refractivity (Wildman–Crippen MR) is 66.5 cm³/mol. The zero-order valence-corrected chi connectivity index (χ0v) is 9.99. The van der Waals surface area contributed by atoms with Crippen LogP contribution in [0.4, 0.5) is 0 Å². The molecular formula is C15H18O. The first kappa shape index (κ1) is 11.1. The molecule has 1 aliphatic carbocycles. The second-order valence-corrected chi connectivity index (χ2v) is 4.73. The Kier molecular flexibility index (Phi) is 3.23. The van der Waals surface area contributed by atoms with Crippen molar-refractivity contribution in [3.05, 3.63) is 47.0 Å². The number of allylic oxidation sites excluding steroid dienone is 2. The Morgan fingerprint density at radius 1 is 1.12 bits per heavy atom. The van der Waals surface area contributed by atoms with E-state index in [0.717, 1.165) is 24.8 Å². The molecule has 1 atom stereocenters. The second-order valence-electron chi connectivity index (χ2n) is 4.73. The fourth-order valence-electron chi connectivity index (χ4n) is 2.31. The van der Waals surface area contributed by atoms with Gasteiger partial charge in [0.1, 0.15) is 0 Å². The van der Waals surface area contributed by atoms with Crippen molar-refractivity contribution in [2.24, 2.45) is 5.92 Å². The predicted octanol–water partition coefficient (Wildman–Crippen LogP) is 4.01. The van der Waals surface area contributed by atoms with Gasteiger partial charge in [0.05, 0.1) is 0 Å². The molecule has 1 unspecified atom stereocenters. The van der Waals surface area contributed by atoms with E-state index in [-0.39, 0.29) is 5.92 Å². The summed E-state index contributed by atoms with van der Waals surface area (Å²) in [6, 6.07) is 9.66. The van der Waals surface area contributed by atoms with Crippen molar-refractivity contribution in [2.45, 2.75) is 33.1 Å². The summed E-state index contributed by atoms with van der Waals surface area (Å²) in [5, 5.41) is 0. The average molecular weight is 214 g/mol. The van der Waals surface area contributed by atoms with E-state index in [4.69, 9.17) is 0 Å². The number of carbonyl (C=O) groups is 1. The molecule has 1 aromatic rings. The first-order valence-corrected chi connectivity index (χ1v) is 5.93. The van der Waals surface area contributed by atoms with E-state index >= 15 is 0 Å². The Morgan fingerprint density at radius 3 is 2.44 bits per heavy atom. The van der Waals surface area contributed by atoms with E-state index in [1.165, 1.54) is 11.1 Å². The molecule has 2 rings (SSSR count). The number of ketones is 1. The highest BCUT2D eigenvalue weighted by molar-refractivity contribution is 5.98. The van der Waals surface area contributed by atoms with Crippen LogP contribution < -0.4 is 0 Å². The summed E-state index contributed by atoms with van der Waals surface area (Å²) in [5.41, 5.74) is 3.73. The van der Waals surface area contributed by atoms with Crippen LogP contribution >= 0.6 is 0 Å². The third-order valence-corrected chi connectivity index (χ3v) is 3.58. The molecule has 0 radical (unpaired) electrons. The van der Waals surface area contributed by atoms with Crippen LogP contribution in [0.5, 0.6) is 0 Å². The minimum atomic E-state index is 0.200. The first-order chi connectivity index (χ1) is 7.68. The largest absolute Gasteiger partial charge is 0.294 e. The molecule has 1 aliphatic rings. The van der Waals surface area contributed by atoms with Crippen molar-refractivity contribution >= 4 is 5.78 Å². The molecule has 1 nitrogen and oxygen atoms in total. The molecule has 0 saturated carbocycles. The van der Waals surface area contributed by atoms with Gasteiger partial charge in [0.25, 0.3) is 0 Å². The van der Waals surface area contributed by atoms with E-state index in [9.17, 15) is 4.79 Å². The van der Waals surface area contributed by atoms with Gasteiger partial charge in [-0.15, -0.1) is 0 Å². The van der Waals surface area contributed by atoms with Gasteiger partial charge in [-0.1, -0.05) is 41.5 Å². The molecule has 0 spiro atoms. The van der Waals surface area contributed by atoms with Gasteiger partial charge in [-0.2, -0.15) is 0 Å². The molecule has 1 heteroatoms. The maximum absolute atomic E-state index is 12.2. The molecule has 1 aromatic carbocycles. The molecule has 16 heavy (non-hydrogen) atoms. The number of benzene rings is 1. The summed E-state index contributed by atoms with van der Waals surface area (Å²) in [6.45, 7) is 4.33. The number of hydrogen-bond donors (Lipinski definition) is 0. The van der Waals surface area contributed by atoms with Crippen LogP contribution in [-0.4, -0.2) is 5.78 Å². The van der Waals surface area contributed by atoms with Crippen LogP contribution in [0, 0.1) is 5.92 Å². The quantitative estimate of drug-likeness (QED) is 0.537. The lowest BCUT2D eigenvalue weighted by Gasteiger charge is -2.23. The Labute approximate surface area is 97.2 Å². The molecule has 0 saturated heterocycles. The lowest BCUT2D eigenvalue weighted by Crippen LogP contribution is -2.18. The molecule has 0 aliphatic heterocycles. The Bertz CT molecular complexity index is 414. The van der Waals surface area contributed by atoms with Crippen LogP contribution in [-0.2, 0) is 0 Å². The van der Waals surface area contributed by atoms with Crippen LogP contribution in [0.1, 0.15) is 43.5 Å².